The minimum atomic E-state index is 0.204. The Morgan fingerprint density at radius 1 is 1.24 bits per heavy atom. The molecule has 1 amide bonds. The molecular formula is C18H27N5O2. The topological polar surface area (TPSA) is 76.6 Å². The van der Waals surface area contributed by atoms with Gasteiger partial charge in [0.15, 0.2) is 5.89 Å². The van der Waals surface area contributed by atoms with Gasteiger partial charge < -0.3 is 14.2 Å². The van der Waals surface area contributed by atoms with Crippen molar-refractivity contribution in [3.63, 3.8) is 0 Å². The average molecular weight is 345 g/mol. The van der Waals surface area contributed by atoms with E-state index in [0.717, 1.165) is 13.1 Å². The predicted octanol–water partition coefficient (Wildman–Crippen LogP) is 1.48. The summed E-state index contributed by atoms with van der Waals surface area (Å²) in [6.45, 7) is 11.5. The van der Waals surface area contributed by atoms with E-state index in [-0.39, 0.29) is 5.91 Å². The van der Waals surface area contributed by atoms with Crippen molar-refractivity contribution < 1.29 is 9.21 Å². The van der Waals surface area contributed by atoms with Gasteiger partial charge in [-0.3, -0.25) is 9.69 Å². The number of hydrogen-bond donors (Lipinski definition) is 0. The summed E-state index contributed by atoms with van der Waals surface area (Å²) in [5, 5.41) is 9.16. The van der Waals surface area contributed by atoms with E-state index in [1.807, 2.05) is 9.80 Å². The van der Waals surface area contributed by atoms with E-state index >= 15 is 0 Å². The lowest BCUT2D eigenvalue weighted by molar-refractivity contribution is -0.133. The molecule has 2 aliphatic rings. The van der Waals surface area contributed by atoms with Crippen LogP contribution in [-0.4, -0.2) is 66.5 Å². The standard InChI is InChI=1S/C18H27N5O2/c1-13-8-14(2)11-21(10-13)12-17(24)22-4-6-23(7-5-22)18-16(9-19)20-15(3)25-18/h13-14H,4-8,10-12H2,1-3H3/t13-,14-/m0/s1. The van der Waals surface area contributed by atoms with Crippen molar-refractivity contribution in [3.05, 3.63) is 11.6 Å². The van der Waals surface area contributed by atoms with E-state index in [2.05, 4.69) is 29.8 Å². The fourth-order valence-corrected chi connectivity index (χ4v) is 4.07. The number of likely N-dealkylation sites (tertiary alicyclic amines) is 1. The lowest BCUT2D eigenvalue weighted by Crippen LogP contribution is -2.52. The Labute approximate surface area is 149 Å². The summed E-state index contributed by atoms with van der Waals surface area (Å²) in [7, 11) is 0. The molecule has 1 aromatic rings. The third-order valence-electron chi connectivity index (χ3n) is 5.05. The maximum absolute atomic E-state index is 12.6. The van der Waals surface area contributed by atoms with Crippen LogP contribution in [0.2, 0.25) is 0 Å². The van der Waals surface area contributed by atoms with Gasteiger partial charge in [-0.25, -0.2) is 4.98 Å². The molecule has 0 N–H and O–H groups in total. The molecule has 2 saturated heterocycles. The van der Waals surface area contributed by atoms with Gasteiger partial charge in [-0.1, -0.05) is 13.8 Å². The number of aromatic nitrogens is 1. The fourth-order valence-electron chi connectivity index (χ4n) is 4.07. The largest absolute Gasteiger partial charge is 0.424 e. The summed E-state index contributed by atoms with van der Waals surface area (Å²) in [5.41, 5.74) is 0.327. The zero-order valence-electron chi connectivity index (χ0n) is 15.4. The Balaban J connectivity index is 1.53. The second-order valence-electron chi connectivity index (χ2n) is 7.51. The van der Waals surface area contributed by atoms with Crippen LogP contribution >= 0.6 is 0 Å². The second kappa shape index (κ2) is 7.44. The molecule has 3 heterocycles. The van der Waals surface area contributed by atoms with Gasteiger partial charge >= 0.3 is 0 Å². The van der Waals surface area contributed by atoms with Crippen molar-refractivity contribution in [2.24, 2.45) is 11.8 Å². The molecule has 0 radical (unpaired) electrons. The van der Waals surface area contributed by atoms with E-state index in [9.17, 15) is 4.79 Å². The molecule has 7 heteroatoms. The van der Waals surface area contributed by atoms with Gasteiger partial charge in [0, 0.05) is 46.2 Å². The first-order valence-electron chi connectivity index (χ1n) is 9.09. The van der Waals surface area contributed by atoms with Crippen molar-refractivity contribution >= 4 is 11.8 Å². The Morgan fingerprint density at radius 2 is 1.88 bits per heavy atom. The van der Waals surface area contributed by atoms with E-state index in [4.69, 9.17) is 9.68 Å². The van der Waals surface area contributed by atoms with Crippen LogP contribution in [0.1, 0.15) is 31.9 Å². The highest BCUT2D eigenvalue weighted by Gasteiger charge is 2.28. The molecule has 136 valence electrons. The molecular weight excluding hydrogens is 318 g/mol. The number of oxazole rings is 1. The monoisotopic (exact) mass is 345 g/mol. The average Bonchev–Trinajstić information content (AvgIpc) is 2.95. The highest BCUT2D eigenvalue weighted by molar-refractivity contribution is 5.78. The van der Waals surface area contributed by atoms with Gasteiger partial charge in [0.2, 0.25) is 17.5 Å². The normalized spacial score (nSPS) is 25.0. The molecule has 0 aliphatic carbocycles. The van der Waals surface area contributed by atoms with Crippen LogP contribution in [0, 0.1) is 30.1 Å². The number of piperidine rings is 1. The van der Waals surface area contributed by atoms with Gasteiger partial charge in [-0.15, -0.1) is 0 Å². The molecule has 1 aromatic heterocycles. The van der Waals surface area contributed by atoms with Crippen molar-refractivity contribution in [2.75, 3.05) is 50.7 Å². The molecule has 2 atom stereocenters. The third kappa shape index (κ3) is 4.13. The predicted molar refractivity (Wildman–Crippen MR) is 94.1 cm³/mol. The lowest BCUT2D eigenvalue weighted by atomic mass is 9.92. The number of anilines is 1. The molecule has 7 nitrogen and oxygen atoms in total. The van der Waals surface area contributed by atoms with E-state index in [1.54, 1.807) is 6.92 Å². The van der Waals surface area contributed by atoms with Crippen LogP contribution in [0.4, 0.5) is 5.88 Å². The Morgan fingerprint density at radius 3 is 2.48 bits per heavy atom. The molecule has 2 aliphatic heterocycles. The van der Waals surface area contributed by atoms with Gasteiger partial charge in [0.1, 0.15) is 6.07 Å². The van der Waals surface area contributed by atoms with Crippen molar-refractivity contribution in [3.8, 4) is 6.07 Å². The Kier molecular flexibility index (Phi) is 5.28. The van der Waals surface area contributed by atoms with Crippen LogP contribution in [0.25, 0.3) is 0 Å². The summed E-state index contributed by atoms with van der Waals surface area (Å²) in [4.78, 5) is 22.9. The quantitative estimate of drug-likeness (QED) is 0.826. The number of amides is 1. The number of carbonyl (C=O) groups is 1. The van der Waals surface area contributed by atoms with Crippen molar-refractivity contribution in [1.29, 1.82) is 5.26 Å². The first kappa shape index (κ1) is 17.7. The van der Waals surface area contributed by atoms with Gasteiger partial charge in [-0.05, 0) is 18.3 Å². The van der Waals surface area contributed by atoms with Gasteiger partial charge in [0.05, 0.1) is 6.54 Å². The lowest BCUT2D eigenvalue weighted by Gasteiger charge is -2.38. The summed E-state index contributed by atoms with van der Waals surface area (Å²) in [6, 6.07) is 2.08. The first-order chi connectivity index (χ1) is 12.0. The summed E-state index contributed by atoms with van der Waals surface area (Å²) < 4.78 is 5.57. The molecule has 0 aromatic carbocycles. The van der Waals surface area contributed by atoms with Crippen LogP contribution in [0.5, 0.6) is 0 Å². The van der Waals surface area contributed by atoms with E-state index in [0.29, 0.717) is 62.0 Å². The number of nitriles is 1. The number of piperazine rings is 1. The second-order valence-corrected chi connectivity index (χ2v) is 7.51. The Hall–Kier alpha value is -2.07. The van der Waals surface area contributed by atoms with Gasteiger partial charge in [0.25, 0.3) is 0 Å². The molecule has 2 fully saturated rings. The smallest absolute Gasteiger partial charge is 0.236 e. The summed E-state index contributed by atoms with van der Waals surface area (Å²) >= 11 is 0. The SMILES string of the molecule is Cc1nc(C#N)c(N2CCN(C(=O)CN3C[C@@H](C)C[C@H](C)C3)CC2)o1. The maximum atomic E-state index is 12.6. The van der Waals surface area contributed by atoms with Crippen LogP contribution < -0.4 is 4.90 Å². The minimum absolute atomic E-state index is 0.204. The van der Waals surface area contributed by atoms with Crippen molar-refractivity contribution in [1.82, 2.24) is 14.8 Å². The number of aryl methyl sites for hydroxylation is 1. The van der Waals surface area contributed by atoms with Crippen LogP contribution in [-0.2, 0) is 4.79 Å². The van der Waals surface area contributed by atoms with Crippen molar-refractivity contribution in [2.45, 2.75) is 27.2 Å². The molecule has 0 bridgehead atoms. The maximum Gasteiger partial charge on any atom is 0.236 e. The number of nitrogens with zero attached hydrogens (tertiary/aromatic N) is 5. The van der Waals surface area contributed by atoms with Crippen LogP contribution in [0.3, 0.4) is 0 Å². The molecule has 3 rings (SSSR count). The first-order valence-corrected chi connectivity index (χ1v) is 9.09. The number of hydrogen-bond acceptors (Lipinski definition) is 6. The minimum Gasteiger partial charge on any atom is -0.424 e. The fraction of sp³-hybridized carbons (Fsp3) is 0.722. The molecule has 0 spiro atoms. The highest BCUT2D eigenvalue weighted by Crippen LogP contribution is 2.23. The van der Waals surface area contributed by atoms with Gasteiger partial charge in [-0.2, -0.15) is 5.26 Å². The Bertz CT molecular complexity index is 647. The van der Waals surface area contributed by atoms with E-state index in [1.165, 1.54) is 6.42 Å². The zero-order valence-corrected chi connectivity index (χ0v) is 15.4. The van der Waals surface area contributed by atoms with E-state index < -0.39 is 0 Å². The zero-order chi connectivity index (χ0) is 18.0. The third-order valence-corrected chi connectivity index (χ3v) is 5.05. The summed E-state index contributed by atoms with van der Waals surface area (Å²) in [6.07, 6.45) is 1.25. The number of rotatable bonds is 3. The molecule has 0 saturated carbocycles. The molecule has 25 heavy (non-hydrogen) atoms. The molecule has 0 unspecified atom stereocenters. The highest BCUT2D eigenvalue weighted by atomic mass is 16.4. The number of carbonyl (C=O) groups excluding carboxylic acids is 1. The summed E-state index contributed by atoms with van der Waals surface area (Å²) in [5.74, 6) is 2.55. The van der Waals surface area contributed by atoms with Crippen LogP contribution in [0.15, 0.2) is 4.42 Å².